The average molecular weight is 495 g/mol. The zero-order valence-corrected chi connectivity index (χ0v) is 21.3. The molecule has 0 unspecified atom stereocenters. The van der Waals surface area contributed by atoms with Crippen LogP contribution in [0.4, 0.5) is 0 Å². The lowest BCUT2D eigenvalue weighted by Gasteiger charge is -2.35. The molecule has 6 nitrogen and oxygen atoms in total. The Balaban J connectivity index is 1.40. The first-order valence-electron chi connectivity index (χ1n) is 12.0. The van der Waals surface area contributed by atoms with Crippen molar-refractivity contribution in [2.75, 3.05) is 65.4 Å². The Kier molecular flexibility index (Phi) is 10.0. The van der Waals surface area contributed by atoms with Crippen molar-refractivity contribution in [1.29, 1.82) is 0 Å². The number of piperazine rings is 1. The summed E-state index contributed by atoms with van der Waals surface area (Å²) >= 11 is 12.0. The largest absolute Gasteiger partial charge is 0.341 e. The topological polar surface area (TPSA) is 47.1 Å². The molecule has 0 radical (unpaired) electrons. The Morgan fingerprint density at radius 2 is 1.70 bits per heavy atom. The second-order valence-corrected chi connectivity index (χ2v) is 10.2. The maximum Gasteiger partial charge on any atom is 0.246 e. The van der Waals surface area contributed by atoms with Gasteiger partial charge in [0.15, 0.2) is 0 Å². The maximum absolute atomic E-state index is 12.6. The van der Waals surface area contributed by atoms with Crippen molar-refractivity contribution >= 4 is 41.1 Å². The fraction of sp³-hybridized carbons (Fsp3) is 0.600. The van der Waals surface area contributed by atoms with E-state index in [1.54, 1.807) is 29.2 Å². The van der Waals surface area contributed by atoms with E-state index in [-0.39, 0.29) is 11.8 Å². The molecule has 2 heterocycles. The second-order valence-electron chi connectivity index (χ2n) is 9.35. The van der Waals surface area contributed by atoms with E-state index in [0.29, 0.717) is 42.0 Å². The van der Waals surface area contributed by atoms with Crippen LogP contribution in [0.15, 0.2) is 24.3 Å². The standard InChI is InChI=1S/C25H36Cl2N4O2/c1-20(2)19-29-14-12-28(13-15-29)9-3-10-30-16-17-31(11-8-25(30)33)24(32)7-5-21-4-6-22(26)23(27)18-21/h4-7,18,20H,3,8-17,19H2,1-2H3/b7-5+. The van der Waals surface area contributed by atoms with Crippen molar-refractivity contribution in [2.24, 2.45) is 5.92 Å². The van der Waals surface area contributed by atoms with Crippen LogP contribution in [0, 0.1) is 5.92 Å². The summed E-state index contributed by atoms with van der Waals surface area (Å²) in [6.07, 6.45) is 4.62. The number of amides is 2. The van der Waals surface area contributed by atoms with Gasteiger partial charge in [-0.15, -0.1) is 0 Å². The predicted octanol–water partition coefficient (Wildman–Crippen LogP) is 3.73. The van der Waals surface area contributed by atoms with Gasteiger partial charge in [-0.2, -0.15) is 0 Å². The van der Waals surface area contributed by atoms with Gasteiger partial charge in [-0.25, -0.2) is 0 Å². The van der Waals surface area contributed by atoms with Crippen molar-refractivity contribution in [2.45, 2.75) is 26.7 Å². The molecule has 2 aliphatic rings. The van der Waals surface area contributed by atoms with Crippen LogP contribution in [0.1, 0.15) is 32.3 Å². The van der Waals surface area contributed by atoms with Crippen LogP contribution in [0.2, 0.25) is 10.0 Å². The van der Waals surface area contributed by atoms with Crippen LogP contribution in [-0.2, 0) is 9.59 Å². The summed E-state index contributed by atoms with van der Waals surface area (Å²) in [7, 11) is 0. The zero-order chi connectivity index (χ0) is 23.8. The van der Waals surface area contributed by atoms with Gasteiger partial charge in [-0.3, -0.25) is 9.59 Å². The van der Waals surface area contributed by atoms with Crippen molar-refractivity contribution in [1.82, 2.24) is 19.6 Å². The molecule has 3 rings (SSSR count). The third-order valence-electron chi connectivity index (χ3n) is 6.25. The van der Waals surface area contributed by atoms with Gasteiger partial charge in [-0.1, -0.05) is 43.1 Å². The number of carbonyl (C=O) groups excluding carboxylic acids is 2. The number of benzene rings is 1. The predicted molar refractivity (Wildman–Crippen MR) is 136 cm³/mol. The Hall–Kier alpha value is -1.60. The molecule has 0 spiro atoms. The minimum atomic E-state index is -0.0880. The molecule has 1 aromatic rings. The Morgan fingerprint density at radius 3 is 2.39 bits per heavy atom. The van der Waals surface area contributed by atoms with Gasteiger partial charge in [0.25, 0.3) is 0 Å². The number of rotatable bonds is 8. The van der Waals surface area contributed by atoms with E-state index in [1.165, 1.54) is 6.54 Å². The van der Waals surface area contributed by atoms with Gasteiger partial charge >= 0.3 is 0 Å². The highest BCUT2D eigenvalue weighted by atomic mass is 35.5. The SMILES string of the molecule is CC(C)CN1CCN(CCCN2CCN(C(=O)/C=C/c3ccc(Cl)c(Cl)c3)CCC2=O)CC1. The smallest absolute Gasteiger partial charge is 0.246 e. The molecule has 2 aliphatic heterocycles. The van der Waals surface area contributed by atoms with Crippen LogP contribution in [0.25, 0.3) is 6.08 Å². The van der Waals surface area contributed by atoms with E-state index < -0.39 is 0 Å². The summed E-state index contributed by atoms with van der Waals surface area (Å²) in [6.45, 7) is 13.6. The molecule has 0 aliphatic carbocycles. The van der Waals surface area contributed by atoms with E-state index in [4.69, 9.17) is 23.2 Å². The molecule has 0 saturated carbocycles. The summed E-state index contributed by atoms with van der Waals surface area (Å²) < 4.78 is 0. The van der Waals surface area contributed by atoms with Gasteiger partial charge in [0.1, 0.15) is 0 Å². The zero-order valence-electron chi connectivity index (χ0n) is 19.8. The number of hydrogen-bond acceptors (Lipinski definition) is 4. The molecule has 0 aromatic heterocycles. The van der Waals surface area contributed by atoms with Crippen molar-refractivity contribution in [3.05, 3.63) is 39.9 Å². The number of hydrogen-bond donors (Lipinski definition) is 0. The first kappa shape index (κ1) is 26.0. The molecule has 0 bridgehead atoms. The minimum Gasteiger partial charge on any atom is -0.341 e. The van der Waals surface area contributed by atoms with Gasteiger partial charge < -0.3 is 19.6 Å². The van der Waals surface area contributed by atoms with Crippen LogP contribution in [0.5, 0.6) is 0 Å². The van der Waals surface area contributed by atoms with E-state index in [1.807, 2.05) is 11.0 Å². The summed E-state index contributed by atoms with van der Waals surface area (Å²) in [6, 6.07) is 5.25. The molecular formula is C25H36Cl2N4O2. The Labute approximate surface area is 208 Å². The molecule has 33 heavy (non-hydrogen) atoms. The second kappa shape index (κ2) is 12.7. The third kappa shape index (κ3) is 8.29. The molecule has 2 saturated heterocycles. The van der Waals surface area contributed by atoms with Crippen LogP contribution < -0.4 is 0 Å². The van der Waals surface area contributed by atoms with Crippen LogP contribution in [-0.4, -0.2) is 96.9 Å². The fourth-order valence-electron chi connectivity index (χ4n) is 4.41. The molecule has 182 valence electrons. The molecule has 1 aromatic carbocycles. The quantitative estimate of drug-likeness (QED) is 0.516. The molecule has 2 amide bonds. The summed E-state index contributed by atoms with van der Waals surface area (Å²) in [5.41, 5.74) is 0.815. The lowest BCUT2D eigenvalue weighted by atomic mass is 10.2. The first-order chi connectivity index (χ1) is 15.8. The van der Waals surface area contributed by atoms with E-state index in [2.05, 4.69) is 23.6 Å². The summed E-state index contributed by atoms with van der Waals surface area (Å²) in [4.78, 5) is 33.9. The van der Waals surface area contributed by atoms with E-state index >= 15 is 0 Å². The summed E-state index contributed by atoms with van der Waals surface area (Å²) in [5, 5.41) is 0.944. The monoisotopic (exact) mass is 494 g/mol. The highest BCUT2D eigenvalue weighted by Crippen LogP contribution is 2.23. The minimum absolute atomic E-state index is 0.0880. The van der Waals surface area contributed by atoms with Crippen LogP contribution >= 0.6 is 23.2 Å². The molecule has 0 N–H and O–H groups in total. The van der Waals surface area contributed by atoms with Gasteiger partial charge in [-0.05, 0) is 42.7 Å². The molecule has 0 atom stereocenters. The van der Waals surface area contributed by atoms with Gasteiger partial charge in [0, 0.05) is 71.4 Å². The average Bonchev–Trinajstić information content (AvgIpc) is 2.97. The first-order valence-corrected chi connectivity index (χ1v) is 12.7. The molecular weight excluding hydrogens is 459 g/mol. The van der Waals surface area contributed by atoms with Gasteiger partial charge in [0.2, 0.25) is 11.8 Å². The third-order valence-corrected chi connectivity index (χ3v) is 6.99. The Bertz CT molecular complexity index is 838. The lowest BCUT2D eigenvalue weighted by Crippen LogP contribution is -2.48. The Morgan fingerprint density at radius 1 is 0.970 bits per heavy atom. The normalized spacial score (nSPS) is 19.0. The van der Waals surface area contributed by atoms with E-state index in [9.17, 15) is 9.59 Å². The fourth-order valence-corrected chi connectivity index (χ4v) is 4.72. The maximum atomic E-state index is 12.6. The van der Waals surface area contributed by atoms with Gasteiger partial charge in [0.05, 0.1) is 10.0 Å². The molecule has 2 fully saturated rings. The van der Waals surface area contributed by atoms with Crippen molar-refractivity contribution in [3.8, 4) is 0 Å². The highest BCUT2D eigenvalue weighted by Gasteiger charge is 2.23. The lowest BCUT2D eigenvalue weighted by molar-refractivity contribution is -0.130. The van der Waals surface area contributed by atoms with Crippen LogP contribution in [0.3, 0.4) is 0 Å². The molecule has 8 heteroatoms. The van der Waals surface area contributed by atoms with E-state index in [0.717, 1.165) is 51.3 Å². The van der Waals surface area contributed by atoms with Crippen molar-refractivity contribution in [3.63, 3.8) is 0 Å². The van der Waals surface area contributed by atoms with Crippen molar-refractivity contribution < 1.29 is 9.59 Å². The highest BCUT2D eigenvalue weighted by molar-refractivity contribution is 6.42. The summed E-state index contributed by atoms with van der Waals surface area (Å²) in [5.74, 6) is 0.763. The number of halogens is 2. The number of nitrogens with zero attached hydrogens (tertiary/aromatic N) is 4. The number of carbonyl (C=O) groups is 2.